The highest BCUT2D eigenvalue weighted by Gasteiger charge is 2.15. The van der Waals surface area contributed by atoms with Crippen molar-refractivity contribution in [3.8, 4) is 17.1 Å². The van der Waals surface area contributed by atoms with Gasteiger partial charge in [0.25, 0.3) is 0 Å². The van der Waals surface area contributed by atoms with Crippen molar-refractivity contribution < 1.29 is 5.11 Å². The number of hydrogen-bond acceptors (Lipinski definition) is 4. The summed E-state index contributed by atoms with van der Waals surface area (Å²) in [4.78, 5) is 0. The molecule has 0 fully saturated rings. The Morgan fingerprint density at radius 2 is 1.86 bits per heavy atom. The van der Waals surface area contributed by atoms with Crippen molar-refractivity contribution in [3.05, 3.63) is 58.1 Å². The van der Waals surface area contributed by atoms with E-state index in [9.17, 15) is 5.11 Å². The molecule has 0 amide bonds. The van der Waals surface area contributed by atoms with Gasteiger partial charge in [-0.25, -0.2) is 4.68 Å². The maximum absolute atomic E-state index is 9.84. The van der Waals surface area contributed by atoms with Gasteiger partial charge >= 0.3 is 0 Å². The Bertz CT molecular complexity index is 788. The van der Waals surface area contributed by atoms with E-state index in [2.05, 4.69) is 15.5 Å². The van der Waals surface area contributed by atoms with Crippen LogP contribution in [0.4, 0.5) is 0 Å². The Hall–Kier alpha value is -2.11. The molecule has 1 aromatic heterocycles. The summed E-state index contributed by atoms with van der Waals surface area (Å²) in [5, 5.41) is 22.3. The molecule has 106 valence electrons. The Balaban J connectivity index is 2.02. The number of benzene rings is 2. The highest BCUT2D eigenvalue weighted by Crippen LogP contribution is 2.32. The molecule has 0 radical (unpaired) electrons. The molecule has 0 spiro atoms. The van der Waals surface area contributed by atoms with Gasteiger partial charge in [0.05, 0.1) is 16.6 Å². The van der Waals surface area contributed by atoms with E-state index in [1.54, 1.807) is 41.1 Å². The summed E-state index contributed by atoms with van der Waals surface area (Å²) >= 11 is 12.2. The second kappa shape index (κ2) is 5.71. The van der Waals surface area contributed by atoms with Crippen LogP contribution in [0.2, 0.25) is 10.0 Å². The summed E-state index contributed by atoms with van der Waals surface area (Å²) in [6, 6.07) is 12.3. The lowest BCUT2D eigenvalue weighted by atomic mass is 10.2. The van der Waals surface area contributed by atoms with Crippen LogP contribution in [-0.4, -0.2) is 25.3 Å². The van der Waals surface area contributed by atoms with Gasteiger partial charge in [-0.3, -0.25) is 0 Å². The van der Waals surface area contributed by atoms with E-state index in [1.807, 2.05) is 6.07 Å². The fourth-order valence-electron chi connectivity index (χ4n) is 1.99. The summed E-state index contributed by atoms with van der Waals surface area (Å²) in [5.74, 6) is 0.682. The summed E-state index contributed by atoms with van der Waals surface area (Å²) in [6.07, 6.45) is 0. The number of hydrogen-bond donors (Lipinski definition) is 1. The van der Waals surface area contributed by atoms with Gasteiger partial charge < -0.3 is 5.11 Å². The SMILES string of the molecule is Oc1ccccc1Cn1nnnc1-c1cccc(Cl)c1Cl. The van der Waals surface area contributed by atoms with Crippen LogP contribution in [0.1, 0.15) is 5.56 Å². The topological polar surface area (TPSA) is 63.8 Å². The number of nitrogens with zero attached hydrogens (tertiary/aromatic N) is 4. The summed E-state index contributed by atoms with van der Waals surface area (Å²) < 4.78 is 1.56. The van der Waals surface area contributed by atoms with Gasteiger partial charge in [-0.05, 0) is 28.6 Å². The normalized spacial score (nSPS) is 10.8. The van der Waals surface area contributed by atoms with Crippen molar-refractivity contribution >= 4 is 23.2 Å². The van der Waals surface area contributed by atoms with Crippen molar-refractivity contribution in [3.63, 3.8) is 0 Å². The molecule has 0 unspecified atom stereocenters. The van der Waals surface area contributed by atoms with E-state index < -0.39 is 0 Å². The Kier molecular flexibility index (Phi) is 3.77. The molecule has 0 saturated heterocycles. The second-order valence-electron chi connectivity index (χ2n) is 4.39. The molecule has 21 heavy (non-hydrogen) atoms. The Labute approximate surface area is 130 Å². The predicted octanol–water partition coefficient (Wildman–Crippen LogP) is 3.40. The lowest BCUT2D eigenvalue weighted by Crippen LogP contribution is -2.05. The van der Waals surface area contributed by atoms with E-state index >= 15 is 0 Å². The van der Waals surface area contributed by atoms with Crippen LogP contribution in [-0.2, 0) is 6.54 Å². The van der Waals surface area contributed by atoms with Crippen LogP contribution in [0.15, 0.2) is 42.5 Å². The minimum atomic E-state index is 0.191. The van der Waals surface area contributed by atoms with Gasteiger partial charge in [0.15, 0.2) is 5.82 Å². The molecular weight excluding hydrogens is 311 g/mol. The number of halogens is 2. The van der Waals surface area contributed by atoms with Gasteiger partial charge in [0.1, 0.15) is 5.75 Å². The molecule has 0 bridgehead atoms. The molecule has 0 aliphatic carbocycles. The van der Waals surface area contributed by atoms with E-state index in [4.69, 9.17) is 23.2 Å². The first-order valence-electron chi connectivity index (χ1n) is 6.14. The molecule has 1 N–H and O–H groups in total. The summed E-state index contributed by atoms with van der Waals surface area (Å²) in [7, 11) is 0. The number of aromatic hydroxyl groups is 1. The van der Waals surface area contributed by atoms with Crippen molar-refractivity contribution in [2.75, 3.05) is 0 Å². The Morgan fingerprint density at radius 3 is 2.67 bits per heavy atom. The first kappa shape index (κ1) is 13.9. The van der Waals surface area contributed by atoms with Crippen LogP contribution in [0.5, 0.6) is 5.75 Å². The third-order valence-electron chi connectivity index (χ3n) is 3.04. The zero-order chi connectivity index (χ0) is 14.8. The standard InChI is InChI=1S/C14H10Cl2N4O/c15-11-6-3-5-10(13(11)16)14-17-18-19-20(14)8-9-4-1-2-7-12(9)21/h1-7,21H,8H2. The number of para-hydroxylation sites is 1. The average molecular weight is 321 g/mol. The molecule has 1 heterocycles. The minimum Gasteiger partial charge on any atom is -0.508 e. The first-order valence-corrected chi connectivity index (χ1v) is 6.90. The molecular formula is C14H10Cl2N4O. The third-order valence-corrected chi connectivity index (χ3v) is 3.86. The average Bonchev–Trinajstić information content (AvgIpc) is 2.92. The molecule has 0 aliphatic rings. The molecule has 5 nitrogen and oxygen atoms in total. The minimum absolute atomic E-state index is 0.191. The van der Waals surface area contributed by atoms with Crippen LogP contribution in [0, 0.1) is 0 Å². The maximum atomic E-state index is 9.84. The van der Waals surface area contributed by atoms with E-state index in [1.165, 1.54) is 0 Å². The van der Waals surface area contributed by atoms with Gasteiger partial charge in [0, 0.05) is 11.1 Å². The van der Waals surface area contributed by atoms with Crippen molar-refractivity contribution in [2.24, 2.45) is 0 Å². The number of tetrazole rings is 1. The number of aromatic nitrogens is 4. The van der Waals surface area contributed by atoms with Crippen molar-refractivity contribution in [1.82, 2.24) is 20.2 Å². The van der Waals surface area contributed by atoms with E-state index in [-0.39, 0.29) is 5.75 Å². The van der Waals surface area contributed by atoms with Crippen LogP contribution < -0.4 is 0 Å². The molecule has 0 aliphatic heterocycles. The summed E-state index contributed by atoms with van der Waals surface area (Å²) in [6.45, 7) is 0.331. The number of rotatable bonds is 3. The zero-order valence-corrected chi connectivity index (χ0v) is 12.3. The summed E-state index contributed by atoms with van der Waals surface area (Å²) in [5.41, 5.74) is 1.36. The van der Waals surface area contributed by atoms with Crippen LogP contribution in [0.25, 0.3) is 11.4 Å². The maximum Gasteiger partial charge on any atom is 0.183 e. The molecule has 7 heteroatoms. The smallest absolute Gasteiger partial charge is 0.183 e. The van der Waals surface area contributed by atoms with Crippen LogP contribution in [0.3, 0.4) is 0 Å². The molecule has 0 saturated carbocycles. The highest BCUT2D eigenvalue weighted by atomic mass is 35.5. The molecule has 0 atom stereocenters. The van der Waals surface area contributed by atoms with Crippen LogP contribution >= 0.6 is 23.2 Å². The second-order valence-corrected chi connectivity index (χ2v) is 5.18. The largest absolute Gasteiger partial charge is 0.508 e. The van der Waals surface area contributed by atoms with E-state index in [0.717, 1.165) is 0 Å². The first-order chi connectivity index (χ1) is 10.2. The molecule has 2 aromatic carbocycles. The van der Waals surface area contributed by atoms with Gasteiger partial charge in [-0.1, -0.05) is 47.5 Å². The van der Waals surface area contributed by atoms with Crippen molar-refractivity contribution in [1.29, 1.82) is 0 Å². The fraction of sp³-hybridized carbons (Fsp3) is 0.0714. The number of phenolic OH excluding ortho intramolecular Hbond substituents is 1. The third kappa shape index (κ3) is 2.70. The quantitative estimate of drug-likeness (QED) is 0.803. The lowest BCUT2D eigenvalue weighted by Gasteiger charge is -2.08. The Morgan fingerprint density at radius 1 is 1.05 bits per heavy atom. The molecule has 3 aromatic rings. The van der Waals surface area contributed by atoms with Gasteiger partial charge in [-0.2, -0.15) is 0 Å². The fourth-order valence-corrected chi connectivity index (χ4v) is 2.37. The van der Waals surface area contributed by atoms with E-state index in [0.29, 0.717) is 33.5 Å². The predicted molar refractivity (Wildman–Crippen MR) is 80.5 cm³/mol. The zero-order valence-electron chi connectivity index (χ0n) is 10.7. The number of phenols is 1. The lowest BCUT2D eigenvalue weighted by molar-refractivity contribution is 0.463. The van der Waals surface area contributed by atoms with Gasteiger partial charge in [-0.15, -0.1) is 5.10 Å². The molecule has 3 rings (SSSR count). The highest BCUT2D eigenvalue weighted by molar-refractivity contribution is 6.43. The van der Waals surface area contributed by atoms with Gasteiger partial charge in [0.2, 0.25) is 0 Å². The van der Waals surface area contributed by atoms with Crippen molar-refractivity contribution in [2.45, 2.75) is 6.54 Å². The monoisotopic (exact) mass is 320 g/mol.